The Morgan fingerprint density at radius 2 is 1.20 bits per heavy atom. The Morgan fingerprint density at radius 3 is 1.89 bits per heavy atom. The van der Waals surface area contributed by atoms with E-state index < -0.39 is 5.41 Å². The Morgan fingerprint density at radius 1 is 0.571 bits per heavy atom. The molecule has 0 amide bonds. The zero-order valence-electron chi connectivity index (χ0n) is 32.3. The Hall–Kier alpha value is -6.64. The number of furan rings is 1. The van der Waals surface area contributed by atoms with Crippen molar-refractivity contribution in [2.24, 2.45) is 0 Å². The largest absolute Gasteiger partial charge is 0.456 e. The van der Waals surface area contributed by atoms with E-state index in [1.807, 2.05) is 6.08 Å². The highest BCUT2D eigenvalue weighted by molar-refractivity contribution is 6.15. The maximum absolute atomic E-state index is 7.06. The summed E-state index contributed by atoms with van der Waals surface area (Å²) in [5.41, 5.74) is 18.1. The van der Waals surface area contributed by atoms with E-state index in [4.69, 9.17) is 4.42 Å². The van der Waals surface area contributed by atoms with Crippen LogP contribution in [0, 0.1) is 0 Å². The number of fused-ring (bicyclic) bond motifs is 7. The summed E-state index contributed by atoms with van der Waals surface area (Å²) >= 11 is 0. The molecule has 10 rings (SSSR count). The molecule has 0 spiro atoms. The number of allylic oxidation sites excluding steroid dienone is 5. The fraction of sp³-hybridized carbons (Fsp3) is 0.111. The monoisotopic (exact) mass is 721 g/mol. The Bertz CT molecular complexity index is 2870. The molecule has 0 fully saturated rings. The molecule has 0 aliphatic heterocycles. The van der Waals surface area contributed by atoms with Gasteiger partial charge in [-0.3, -0.25) is 0 Å². The van der Waals surface area contributed by atoms with Crippen molar-refractivity contribution in [3.8, 4) is 22.3 Å². The molecule has 0 saturated heterocycles. The molecule has 270 valence electrons. The number of anilines is 3. The minimum absolute atomic E-state index is 0.205. The van der Waals surface area contributed by atoms with Gasteiger partial charge in [0.05, 0.1) is 11.1 Å². The second-order valence-electron chi connectivity index (χ2n) is 15.8. The van der Waals surface area contributed by atoms with Gasteiger partial charge < -0.3 is 9.32 Å². The molecule has 0 saturated carbocycles. The van der Waals surface area contributed by atoms with Crippen molar-refractivity contribution < 1.29 is 4.42 Å². The van der Waals surface area contributed by atoms with Gasteiger partial charge in [0.1, 0.15) is 11.2 Å². The summed E-state index contributed by atoms with van der Waals surface area (Å²) < 4.78 is 7.06. The van der Waals surface area contributed by atoms with E-state index in [9.17, 15) is 0 Å². The van der Waals surface area contributed by atoms with E-state index in [-0.39, 0.29) is 5.41 Å². The molecule has 1 aromatic heterocycles. The van der Waals surface area contributed by atoms with Crippen molar-refractivity contribution in [1.82, 2.24) is 0 Å². The van der Waals surface area contributed by atoms with Crippen LogP contribution in [-0.4, -0.2) is 0 Å². The molecule has 0 N–H and O–H groups in total. The quantitative estimate of drug-likeness (QED) is 0.163. The number of benzene rings is 7. The van der Waals surface area contributed by atoms with E-state index in [0.29, 0.717) is 0 Å². The van der Waals surface area contributed by atoms with Crippen LogP contribution in [0.3, 0.4) is 0 Å². The normalized spacial score (nSPS) is 15.0. The summed E-state index contributed by atoms with van der Waals surface area (Å²) in [6.07, 6.45) is 6.40. The lowest BCUT2D eigenvalue weighted by atomic mass is 9.73. The number of hydrogen-bond acceptors (Lipinski definition) is 2. The molecule has 0 bridgehead atoms. The summed E-state index contributed by atoms with van der Waals surface area (Å²) in [5.74, 6) is 0. The van der Waals surface area contributed by atoms with Gasteiger partial charge in [0.25, 0.3) is 0 Å². The van der Waals surface area contributed by atoms with Gasteiger partial charge in [0, 0.05) is 33.2 Å². The van der Waals surface area contributed by atoms with Crippen molar-refractivity contribution in [2.75, 3.05) is 4.90 Å². The predicted molar refractivity (Wildman–Crippen MR) is 236 cm³/mol. The molecule has 1 heterocycles. The topological polar surface area (TPSA) is 16.4 Å². The van der Waals surface area contributed by atoms with Gasteiger partial charge in [-0.2, -0.15) is 0 Å². The first-order chi connectivity index (χ1) is 27.3. The van der Waals surface area contributed by atoms with Crippen LogP contribution in [0.4, 0.5) is 17.1 Å². The van der Waals surface area contributed by atoms with Crippen LogP contribution in [0.15, 0.2) is 193 Å². The number of para-hydroxylation sites is 1. The molecule has 0 radical (unpaired) electrons. The summed E-state index contributed by atoms with van der Waals surface area (Å²) in [6.45, 7) is 13.4. The van der Waals surface area contributed by atoms with Crippen LogP contribution in [0.1, 0.15) is 55.5 Å². The molecule has 0 atom stereocenters. The Labute approximate surface area is 329 Å². The number of rotatable bonds is 7. The third-order valence-corrected chi connectivity index (χ3v) is 12.5. The average molecular weight is 722 g/mol. The van der Waals surface area contributed by atoms with E-state index in [1.54, 1.807) is 0 Å². The zero-order valence-corrected chi connectivity index (χ0v) is 32.3. The lowest BCUT2D eigenvalue weighted by Crippen LogP contribution is -2.23. The molecule has 2 aliphatic carbocycles. The fourth-order valence-electron chi connectivity index (χ4n) is 9.73. The van der Waals surface area contributed by atoms with Crippen LogP contribution >= 0.6 is 0 Å². The Balaban J connectivity index is 1.24. The fourth-order valence-corrected chi connectivity index (χ4v) is 9.73. The van der Waals surface area contributed by atoms with E-state index in [0.717, 1.165) is 44.6 Å². The van der Waals surface area contributed by atoms with Gasteiger partial charge in [-0.25, -0.2) is 0 Å². The molecule has 0 unspecified atom stereocenters. The summed E-state index contributed by atoms with van der Waals surface area (Å²) in [7, 11) is 0. The van der Waals surface area contributed by atoms with E-state index in [2.05, 4.69) is 209 Å². The van der Waals surface area contributed by atoms with E-state index >= 15 is 0 Å². The second kappa shape index (κ2) is 12.7. The van der Waals surface area contributed by atoms with Gasteiger partial charge in [0.2, 0.25) is 0 Å². The molecule has 2 heteroatoms. The van der Waals surface area contributed by atoms with Crippen LogP contribution in [-0.2, 0) is 10.8 Å². The highest BCUT2D eigenvalue weighted by Crippen LogP contribution is 2.56. The molecule has 2 nitrogen and oxygen atoms in total. The van der Waals surface area contributed by atoms with Gasteiger partial charge in [-0.1, -0.05) is 160 Å². The zero-order chi connectivity index (χ0) is 38.2. The maximum atomic E-state index is 7.06. The molecule has 8 aromatic rings. The molecular weight excluding hydrogens is 679 g/mol. The smallest absolute Gasteiger partial charge is 0.141 e. The summed E-state index contributed by atoms with van der Waals surface area (Å²) in [6, 6.07) is 57.4. The maximum Gasteiger partial charge on any atom is 0.141 e. The highest BCUT2D eigenvalue weighted by Gasteiger charge is 2.43. The summed E-state index contributed by atoms with van der Waals surface area (Å²) in [5, 5.41) is 2.20. The molecule has 2 aliphatic rings. The van der Waals surface area contributed by atoms with Crippen LogP contribution in [0.5, 0.6) is 0 Å². The lowest BCUT2D eigenvalue weighted by Gasteiger charge is -2.31. The molecule has 7 aromatic carbocycles. The van der Waals surface area contributed by atoms with Crippen molar-refractivity contribution >= 4 is 44.6 Å². The van der Waals surface area contributed by atoms with Gasteiger partial charge in [-0.05, 0) is 106 Å². The SMILES string of the molecule is C=CC1=C(/C=C\C)C(C)(C)c2cc(N(c3ccc(-c4ccccc4)cc3)c3ccc(C4(C)c5ccccc5-c5ccccc54)c4oc5ccccc5c34)ccc21. The Kier molecular flexibility index (Phi) is 7.70. The molecular formula is C54H43NO. The van der Waals surface area contributed by atoms with Gasteiger partial charge in [-0.15, -0.1) is 0 Å². The highest BCUT2D eigenvalue weighted by atomic mass is 16.3. The lowest BCUT2D eigenvalue weighted by molar-refractivity contribution is 0.638. The van der Waals surface area contributed by atoms with Crippen LogP contribution < -0.4 is 4.90 Å². The standard InChI is InChI=1S/C54H43NO/c1-6-17-44-39(7-2)42-31-30-38(34-48(42)53(44,3)4)55(37-28-26-36(27-29-37)35-18-9-8-10-19-35)49-33-32-47(52-51(49)43-22-13-16-25-50(43)56-52)54(5)45-23-14-11-20-40(45)41-21-12-15-24-46(41)54/h6-34H,2H2,1,3-5H3/b17-6-. The first-order valence-corrected chi connectivity index (χ1v) is 19.6. The van der Waals surface area contributed by atoms with Gasteiger partial charge in [0.15, 0.2) is 0 Å². The van der Waals surface area contributed by atoms with Crippen molar-refractivity contribution in [1.29, 1.82) is 0 Å². The summed E-state index contributed by atoms with van der Waals surface area (Å²) in [4.78, 5) is 2.43. The van der Waals surface area contributed by atoms with Gasteiger partial charge >= 0.3 is 0 Å². The third kappa shape index (κ3) is 4.82. The third-order valence-electron chi connectivity index (χ3n) is 12.5. The first kappa shape index (κ1) is 33.9. The van der Waals surface area contributed by atoms with Crippen molar-refractivity contribution in [2.45, 2.75) is 38.5 Å². The molecule has 56 heavy (non-hydrogen) atoms. The second-order valence-corrected chi connectivity index (χ2v) is 15.8. The minimum atomic E-state index is -0.423. The van der Waals surface area contributed by atoms with Crippen LogP contribution in [0.25, 0.3) is 49.8 Å². The number of nitrogens with zero attached hydrogens (tertiary/aromatic N) is 1. The number of hydrogen-bond donors (Lipinski definition) is 0. The predicted octanol–water partition coefficient (Wildman–Crippen LogP) is 14.9. The minimum Gasteiger partial charge on any atom is -0.456 e. The average Bonchev–Trinajstić information content (AvgIpc) is 3.83. The van der Waals surface area contributed by atoms with Crippen LogP contribution in [0.2, 0.25) is 0 Å². The van der Waals surface area contributed by atoms with Crippen molar-refractivity contribution in [3.63, 3.8) is 0 Å². The first-order valence-electron chi connectivity index (χ1n) is 19.6. The van der Waals surface area contributed by atoms with Crippen molar-refractivity contribution in [3.05, 3.63) is 216 Å². The van der Waals surface area contributed by atoms with E-state index in [1.165, 1.54) is 55.7 Å².